The molecule has 2 aromatic heterocycles. The highest BCUT2D eigenvalue weighted by Crippen LogP contribution is 2.26. The van der Waals surface area contributed by atoms with E-state index >= 15 is 0 Å². The summed E-state index contributed by atoms with van der Waals surface area (Å²) in [7, 11) is 0. The highest BCUT2D eigenvalue weighted by molar-refractivity contribution is 5.81. The molecule has 17 heavy (non-hydrogen) atoms. The van der Waals surface area contributed by atoms with Gasteiger partial charge >= 0.3 is 0 Å². The quantitative estimate of drug-likeness (QED) is 0.635. The third-order valence-corrected chi connectivity index (χ3v) is 2.89. The van der Waals surface area contributed by atoms with Gasteiger partial charge in [0.2, 0.25) is 0 Å². The predicted molar refractivity (Wildman–Crippen MR) is 66.7 cm³/mol. The second-order valence-electron chi connectivity index (χ2n) is 4.09. The summed E-state index contributed by atoms with van der Waals surface area (Å²) in [4.78, 5) is 4.64. The molecule has 0 aliphatic rings. The summed E-state index contributed by atoms with van der Waals surface area (Å²) in [5.74, 6) is 0.810. The summed E-state index contributed by atoms with van der Waals surface area (Å²) in [6.45, 7) is 3.84. The Balaban J connectivity index is 2.25. The molecule has 0 amide bonds. The summed E-state index contributed by atoms with van der Waals surface area (Å²) < 4.78 is 5.17. The first-order chi connectivity index (χ1) is 8.25. The van der Waals surface area contributed by atoms with Crippen molar-refractivity contribution >= 4 is 10.9 Å². The van der Waals surface area contributed by atoms with Crippen LogP contribution in [-0.4, -0.2) is 10.1 Å². The SMILES string of the molecule is Cc1noc(C)c1-c1ccc2ccccc2n1. The molecular weight excluding hydrogens is 212 g/mol. The number of aromatic nitrogens is 2. The summed E-state index contributed by atoms with van der Waals surface area (Å²) in [6.07, 6.45) is 0. The van der Waals surface area contributed by atoms with Gasteiger partial charge in [-0.25, -0.2) is 4.98 Å². The van der Waals surface area contributed by atoms with Crippen molar-refractivity contribution in [1.82, 2.24) is 10.1 Å². The van der Waals surface area contributed by atoms with Crippen molar-refractivity contribution in [2.45, 2.75) is 13.8 Å². The first-order valence-electron chi connectivity index (χ1n) is 5.55. The fourth-order valence-electron chi connectivity index (χ4n) is 2.05. The lowest BCUT2D eigenvalue weighted by Gasteiger charge is -2.02. The molecule has 0 fully saturated rings. The van der Waals surface area contributed by atoms with E-state index in [1.807, 2.05) is 38.1 Å². The van der Waals surface area contributed by atoms with E-state index in [-0.39, 0.29) is 0 Å². The molecule has 84 valence electrons. The molecular formula is C14H12N2O. The lowest BCUT2D eigenvalue weighted by Crippen LogP contribution is -1.87. The Bertz CT molecular complexity index is 666. The van der Waals surface area contributed by atoms with Crippen LogP contribution in [0.1, 0.15) is 11.5 Å². The standard InChI is InChI=1S/C14H12N2O/c1-9-14(10(2)17-16-9)13-8-7-11-5-3-4-6-12(11)15-13/h3-8H,1-2H3. The maximum Gasteiger partial charge on any atom is 0.143 e. The molecule has 0 saturated heterocycles. The fourth-order valence-corrected chi connectivity index (χ4v) is 2.05. The fraction of sp³-hybridized carbons (Fsp3) is 0.143. The van der Waals surface area contributed by atoms with Crippen molar-refractivity contribution in [3.63, 3.8) is 0 Å². The number of hydrogen-bond donors (Lipinski definition) is 0. The van der Waals surface area contributed by atoms with Gasteiger partial charge in [-0.3, -0.25) is 0 Å². The number of fused-ring (bicyclic) bond motifs is 1. The van der Waals surface area contributed by atoms with Crippen LogP contribution >= 0.6 is 0 Å². The second-order valence-corrected chi connectivity index (χ2v) is 4.09. The molecule has 0 bridgehead atoms. The first-order valence-corrected chi connectivity index (χ1v) is 5.55. The zero-order valence-corrected chi connectivity index (χ0v) is 9.77. The van der Waals surface area contributed by atoms with E-state index in [2.05, 4.69) is 22.3 Å². The Morgan fingerprint density at radius 2 is 1.82 bits per heavy atom. The highest BCUT2D eigenvalue weighted by atomic mass is 16.5. The van der Waals surface area contributed by atoms with Gasteiger partial charge in [-0.1, -0.05) is 29.4 Å². The zero-order valence-electron chi connectivity index (χ0n) is 9.77. The average Bonchev–Trinajstić information content (AvgIpc) is 2.68. The number of aryl methyl sites for hydroxylation is 2. The molecule has 0 aliphatic carbocycles. The highest BCUT2D eigenvalue weighted by Gasteiger charge is 2.12. The lowest BCUT2D eigenvalue weighted by molar-refractivity contribution is 0.393. The Morgan fingerprint density at radius 1 is 1.00 bits per heavy atom. The second kappa shape index (κ2) is 3.70. The van der Waals surface area contributed by atoms with E-state index in [1.165, 1.54) is 0 Å². The van der Waals surface area contributed by atoms with Gasteiger partial charge in [0.05, 0.1) is 22.5 Å². The maximum absolute atomic E-state index is 5.17. The zero-order chi connectivity index (χ0) is 11.8. The van der Waals surface area contributed by atoms with Crippen molar-refractivity contribution in [2.24, 2.45) is 0 Å². The number of benzene rings is 1. The van der Waals surface area contributed by atoms with E-state index in [0.29, 0.717) is 0 Å². The van der Waals surface area contributed by atoms with E-state index in [4.69, 9.17) is 4.52 Å². The van der Waals surface area contributed by atoms with Gasteiger partial charge in [0.15, 0.2) is 0 Å². The van der Waals surface area contributed by atoms with Crippen LogP contribution in [-0.2, 0) is 0 Å². The Morgan fingerprint density at radius 3 is 2.59 bits per heavy atom. The van der Waals surface area contributed by atoms with Gasteiger partial charge in [0.25, 0.3) is 0 Å². The molecule has 1 aromatic carbocycles. The Labute approximate surface area is 99.1 Å². The number of rotatable bonds is 1. The van der Waals surface area contributed by atoms with Crippen LogP contribution in [0.3, 0.4) is 0 Å². The van der Waals surface area contributed by atoms with Crippen LogP contribution in [0.25, 0.3) is 22.2 Å². The molecule has 0 unspecified atom stereocenters. The lowest BCUT2D eigenvalue weighted by atomic mass is 10.1. The van der Waals surface area contributed by atoms with E-state index in [1.54, 1.807) is 0 Å². The summed E-state index contributed by atoms with van der Waals surface area (Å²) in [6, 6.07) is 12.2. The molecule has 3 nitrogen and oxygen atoms in total. The number of nitrogens with zero attached hydrogens (tertiary/aromatic N) is 2. The summed E-state index contributed by atoms with van der Waals surface area (Å²) in [5.41, 5.74) is 3.78. The topological polar surface area (TPSA) is 38.9 Å². The van der Waals surface area contributed by atoms with Gasteiger partial charge in [-0.2, -0.15) is 0 Å². The maximum atomic E-state index is 5.17. The van der Waals surface area contributed by atoms with Crippen LogP contribution in [0, 0.1) is 13.8 Å². The Kier molecular flexibility index (Phi) is 2.18. The molecule has 0 aliphatic heterocycles. The summed E-state index contributed by atoms with van der Waals surface area (Å²) in [5, 5.41) is 5.10. The van der Waals surface area contributed by atoms with Gasteiger partial charge in [0.1, 0.15) is 5.76 Å². The first kappa shape index (κ1) is 10.0. The van der Waals surface area contributed by atoms with E-state index in [0.717, 1.165) is 33.6 Å². The molecule has 3 rings (SSSR count). The number of hydrogen-bond acceptors (Lipinski definition) is 3. The van der Waals surface area contributed by atoms with Crippen molar-refractivity contribution in [2.75, 3.05) is 0 Å². The van der Waals surface area contributed by atoms with Crippen molar-refractivity contribution in [3.05, 3.63) is 47.9 Å². The molecule has 0 radical (unpaired) electrons. The molecule has 3 aromatic rings. The minimum Gasteiger partial charge on any atom is -0.361 e. The van der Waals surface area contributed by atoms with E-state index < -0.39 is 0 Å². The molecule has 0 atom stereocenters. The molecule has 0 saturated carbocycles. The smallest absolute Gasteiger partial charge is 0.143 e. The van der Waals surface area contributed by atoms with Crippen molar-refractivity contribution in [1.29, 1.82) is 0 Å². The van der Waals surface area contributed by atoms with Gasteiger partial charge < -0.3 is 4.52 Å². The van der Waals surface area contributed by atoms with Gasteiger partial charge in [-0.05, 0) is 26.0 Å². The molecule has 3 heteroatoms. The van der Waals surface area contributed by atoms with Crippen molar-refractivity contribution < 1.29 is 4.52 Å². The third-order valence-electron chi connectivity index (χ3n) is 2.89. The van der Waals surface area contributed by atoms with Gasteiger partial charge in [-0.15, -0.1) is 0 Å². The summed E-state index contributed by atoms with van der Waals surface area (Å²) >= 11 is 0. The normalized spacial score (nSPS) is 10.9. The number of pyridine rings is 1. The predicted octanol–water partition coefficient (Wildman–Crippen LogP) is 3.51. The molecule has 0 spiro atoms. The van der Waals surface area contributed by atoms with Crippen LogP contribution in [0.2, 0.25) is 0 Å². The monoisotopic (exact) mass is 224 g/mol. The van der Waals surface area contributed by atoms with Crippen LogP contribution in [0.5, 0.6) is 0 Å². The molecule has 0 N–H and O–H groups in total. The van der Waals surface area contributed by atoms with E-state index in [9.17, 15) is 0 Å². The largest absolute Gasteiger partial charge is 0.361 e. The van der Waals surface area contributed by atoms with Crippen LogP contribution < -0.4 is 0 Å². The van der Waals surface area contributed by atoms with Crippen molar-refractivity contribution in [3.8, 4) is 11.3 Å². The van der Waals surface area contributed by atoms with Gasteiger partial charge in [0, 0.05) is 5.39 Å². The third kappa shape index (κ3) is 1.60. The average molecular weight is 224 g/mol. The Hall–Kier alpha value is -2.16. The number of para-hydroxylation sites is 1. The van der Waals surface area contributed by atoms with Crippen LogP contribution in [0.4, 0.5) is 0 Å². The minimum absolute atomic E-state index is 0.810. The minimum atomic E-state index is 0.810. The molecule has 2 heterocycles. The van der Waals surface area contributed by atoms with Crippen LogP contribution in [0.15, 0.2) is 40.9 Å².